The van der Waals surface area contributed by atoms with Crippen LogP contribution < -0.4 is 5.32 Å². The van der Waals surface area contributed by atoms with E-state index in [9.17, 15) is 0 Å². The minimum Gasteiger partial charge on any atom is -0.310 e. The molecule has 0 aromatic carbocycles. The lowest BCUT2D eigenvalue weighted by molar-refractivity contribution is -0.0717. The third kappa shape index (κ3) is 1.95. The summed E-state index contributed by atoms with van der Waals surface area (Å²) in [5.41, 5.74) is 0.696. The zero-order valence-corrected chi connectivity index (χ0v) is 12.5. The Morgan fingerprint density at radius 1 is 1.06 bits per heavy atom. The smallest absolute Gasteiger partial charge is 0.0168 e. The fraction of sp³-hybridized carbons (Fsp3) is 1.00. The van der Waals surface area contributed by atoms with Crippen LogP contribution in [0, 0.1) is 23.2 Å². The van der Waals surface area contributed by atoms with Gasteiger partial charge < -0.3 is 5.32 Å². The van der Waals surface area contributed by atoms with Crippen LogP contribution in [0.25, 0.3) is 0 Å². The number of thioether (sulfide) groups is 1. The topological polar surface area (TPSA) is 12.0 Å². The van der Waals surface area contributed by atoms with E-state index in [0.29, 0.717) is 5.41 Å². The molecule has 4 saturated carbocycles. The number of rotatable bonds is 3. The minimum atomic E-state index is 0.696. The molecular formula is C16H27NS. The maximum Gasteiger partial charge on any atom is 0.0168 e. The van der Waals surface area contributed by atoms with Gasteiger partial charge in [0.05, 0.1) is 0 Å². The molecule has 2 heteroatoms. The van der Waals surface area contributed by atoms with E-state index in [2.05, 4.69) is 24.0 Å². The molecule has 0 aromatic heterocycles. The van der Waals surface area contributed by atoms with Crippen LogP contribution >= 0.6 is 11.8 Å². The molecule has 5 rings (SSSR count). The SMILES string of the molecule is CC(NC1CCSC1)C12CC3CC(CC(C3)C1)C2. The third-order valence-corrected chi connectivity index (χ3v) is 7.58. The molecule has 0 aromatic rings. The van der Waals surface area contributed by atoms with E-state index in [-0.39, 0.29) is 0 Å². The molecule has 1 N–H and O–H groups in total. The summed E-state index contributed by atoms with van der Waals surface area (Å²) in [6.07, 6.45) is 10.8. The lowest BCUT2D eigenvalue weighted by atomic mass is 9.48. The predicted molar refractivity (Wildman–Crippen MR) is 78.9 cm³/mol. The van der Waals surface area contributed by atoms with Gasteiger partial charge in [-0.15, -0.1) is 0 Å². The van der Waals surface area contributed by atoms with Crippen LogP contribution in [-0.2, 0) is 0 Å². The highest BCUT2D eigenvalue weighted by Crippen LogP contribution is 2.61. The van der Waals surface area contributed by atoms with Crippen LogP contribution in [0.4, 0.5) is 0 Å². The molecule has 4 bridgehead atoms. The molecule has 0 amide bonds. The van der Waals surface area contributed by atoms with Crippen molar-refractivity contribution >= 4 is 11.8 Å². The molecule has 1 saturated heterocycles. The largest absolute Gasteiger partial charge is 0.310 e. The molecule has 4 aliphatic carbocycles. The molecular weight excluding hydrogens is 238 g/mol. The monoisotopic (exact) mass is 265 g/mol. The van der Waals surface area contributed by atoms with Crippen molar-refractivity contribution in [1.29, 1.82) is 0 Å². The number of hydrogen-bond acceptors (Lipinski definition) is 2. The van der Waals surface area contributed by atoms with E-state index in [1.807, 2.05) is 0 Å². The molecule has 1 nitrogen and oxygen atoms in total. The Labute approximate surface area is 116 Å². The first-order chi connectivity index (χ1) is 8.73. The summed E-state index contributed by atoms with van der Waals surface area (Å²) in [5, 5.41) is 4.01. The summed E-state index contributed by atoms with van der Waals surface area (Å²) in [6, 6.07) is 1.59. The molecule has 18 heavy (non-hydrogen) atoms. The van der Waals surface area contributed by atoms with Crippen LogP contribution in [0.5, 0.6) is 0 Å². The highest BCUT2D eigenvalue weighted by molar-refractivity contribution is 7.99. The van der Waals surface area contributed by atoms with Gasteiger partial charge in [0, 0.05) is 17.8 Å². The molecule has 1 heterocycles. The van der Waals surface area contributed by atoms with Gasteiger partial charge in [0.15, 0.2) is 0 Å². The van der Waals surface area contributed by atoms with Crippen molar-refractivity contribution < 1.29 is 0 Å². The van der Waals surface area contributed by atoms with Crippen molar-refractivity contribution in [1.82, 2.24) is 5.32 Å². The molecule has 5 fully saturated rings. The van der Waals surface area contributed by atoms with Crippen molar-refractivity contribution in [3.63, 3.8) is 0 Å². The first-order valence-corrected chi connectivity index (χ1v) is 9.23. The molecule has 0 spiro atoms. The van der Waals surface area contributed by atoms with E-state index >= 15 is 0 Å². The summed E-state index contributed by atoms with van der Waals surface area (Å²) in [4.78, 5) is 0. The van der Waals surface area contributed by atoms with Crippen molar-refractivity contribution in [2.45, 2.75) is 64.0 Å². The van der Waals surface area contributed by atoms with E-state index in [4.69, 9.17) is 0 Å². The van der Waals surface area contributed by atoms with Gasteiger partial charge >= 0.3 is 0 Å². The number of hydrogen-bond donors (Lipinski definition) is 1. The Balaban J connectivity index is 1.48. The molecule has 0 radical (unpaired) electrons. The summed E-state index contributed by atoms with van der Waals surface area (Å²) in [5.74, 6) is 6.03. The Kier molecular flexibility index (Phi) is 2.96. The third-order valence-electron chi connectivity index (χ3n) is 6.42. The van der Waals surface area contributed by atoms with Crippen LogP contribution in [0.2, 0.25) is 0 Å². The van der Waals surface area contributed by atoms with Crippen LogP contribution in [0.3, 0.4) is 0 Å². The predicted octanol–water partition coefficient (Wildman–Crippen LogP) is 3.69. The standard InChI is InChI=1S/C16H27NS/c1-11(17-15-2-3-18-10-15)16-7-12-4-13(8-16)6-14(5-12)9-16/h11-15,17H,2-10H2,1H3. The van der Waals surface area contributed by atoms with Gasteiger partial charge in [-0.05, 0) is 80.8 Å². The van der Waals surface area contributed by atoms with E-state index in [1.165, 1.54) is 17.9 Å². The fourth-order valence-electron chi connectivity index (χ4n) is 5.90. The summed E-state index contributed by atoms with van der Waals surface area (Å²) in [6.45, 7) is 2.51. The van der Waals surface area contributed by atoms with Crippen molar-refractivity contribution in [2.75, 3.05) is 11.5 Å². The highest BCUT2D eigenvalue weighted by Gasteiger charge is 2.53. The molecule has 2 atom stereocenters. The van der Waals surface area contributed by atoms with Gasteiger partial charge in [-0.25, -0.2) is 0 Å². The van der Waals surface area contributed by atoms with E-state index in [1.54, 1.807) is 38.5 Å². The Hall–Kier alpha value is 0.310. The quantitative estimate of drug-likeness (QED) is 0.835. The second-order valence-corrected chi connectivity index (χ2v) is 8.88. The maximum atomic E-state index is 4.01. The lowest BCUT2D eigenvalue weighted by Crippen LogP contribution is -2.56. The Morgan fingerprint density at radius 3 is 2.17 bits per heavy atom. The molecule has 102 valence electrons. The lowest BCUT2D eigenvalue weighted by Gasteiger charge is -2.59. The van der Waals surface area contributed by atoms with Crippen LogP contribution in [0.1, 0.15) is 51.9 Å². The summed E-state index contributed by atoms with van der Waals surface area (Å²) < 4.78 is 0. The van der Waals surface area contributed by atoms with Crippen molar-refractivity contribution in [3.8, 4) is 0 Å². The summed E-state index contributed by atoms with van der Waals surface area (Å²) in [7, 11) is 0. The van der Waals surface area contributed by atoms with Gasteiger partial charge in [-0.3, -0.25) is 0 Å². The van der Waals surface area contributed by atoms with Gasteiger partial charge in [0.2, 0.25) is 0 Å². The van der Waals surface area contributed by atoms with Gasteiger partial charge in [0.1, 0.15) is 0 Å². The molecule has 1 aliphatic heterocycles. The maximum absolute atomic E-state index is 4.01. The highest BCUT2D eigenvalue weighted by atomic mass is 32.2. The first kappa shape index (κ1) is 12.1. The van der Waals surface area contributed by atoms with Gasteiger partial charge in [0.25, 0.3) is 0 Å². The second kappa shape index (κ2) is 4.41. The number of nitrogens with one attached hydrogen (secondary N) is 1. The Morgan fingerprint density at radius 2 is 1.67 bits per heavy atom. The van der Waals surface area contributed by atoms with Gasteiger partial charge in [-0.2, -0.15) is 11.8 Å². The summed E-state index contributed by atoms with van der Waals surface area (Å²) >= 11 is 2.14. The minimum absolute atomic E-state index is 0.696. The van der Waals surface area contributed by atoms with E-state index in [0.717, 1.165) is 29.8 Å². The van der Waals surface area contributed by atoms with Crippen LogP contribution in [0.15, 0.2) is 0 Å². The average molecular weight is 265 g/mol. The van der Waals surface area contributed by atoms with Crippen molar-refractivity contribution in [2.24, 2.45) is 23.2 Å². The van der Waals surface area contributed by atoms with E-state index < -0.39 is 0 Å². The fourth-order valence-corrected chi connectivity index (χ4v) is 7.07. The van der Waals surface area contributed by atoms with Crippen molar-refractivity contribution in [3.05, 3.63) is 0 Å². The molecule has 5 aliphatic rings. The first-order valence-electron chi connectivity index (χ1n) is 8.07. The average Bonchev–Trinajstić information content (AvgIpc) is 2.79. The zero-order chi connectivity index (χ0) is 12.2. The normalized spacial score (nSPS) is 51.8. The van der Waals surface area contributed by atoms with Gasteiger partial charge in [-0.1, -0.05) is 0 Å². The van der Waals surface area contributed by atoms with Crippen LogP contribution in [-0.4, -0.2) is 23.6 Å². The Bertz CT molecular complexity index is 286. The molecule has 2 unspecified atom stereocenters. The zero-order valence-electron chi connectivity index (χ0n) is 11.7. The second-order valence-electron chi connectivity index (χ2n) is 7.73.